The molecule has 1 amide bonds. The molecule has 1 N–H and O–H groups in total. The SMILES string of the molecule is COc1ccc(CNc2cc(C(=O)N3CCC4(CC3)OCCO4)ncn2)cc1. The van der Waals surface area contributed by atoms with Crippen molar-refractivity contribution in [2.75, 3.05) is 38.7 Å². The highest BCUT2D eigenvalue weighted by Gasteiger charge is 2.41. The second-order valence-corrected chi connectivity index (χ2v) is 6.89. The summed E-state index contributed by atoms with van der Waals surface area (Å²) in [5.74, 6) is 0.844. The highest BCUT2D eigenvalue weighted by atomic mass is 16.7. The Morgan fingerprint density at radius 3 is 2.57 bits per heavy atom. The lowest BCUT2D eigenvalue weighted by atomic mass is 10.0. The standard InChI is InChI=1S/C20H24N4O4/c1-26-16-4-2-15(3-5-16)13-21-18-12-17(22-14-23-18)19(25)24-8-6-20(7-9-24)27-10-11-28-20/h2-5,12,14H,6-11,13H2,1H3,(H,21,22,23). The summed E-state index contributed by atoms with van der Waals surface area (Å²) >= 11 is 0. The molecule has 2 fully saturated rings. The molecule has 2 aromatic rings. The Kier molecular flexibility index (Phi) is 5.40. The Morgan fingerprint density at radius 1 is 1.18 bits per heavy atom. The van der Waals surface area contributed by atoms with Crippen molar-refractivity contribution in [3.63, 3.8) is 0 Å². The number of ether oxygens (including phenoxy) is 3. The van der Waals surface area contributed by atoms with Gasteiger partial charge in [-0.05, 0) is 17.7 Å². The molecule has 2 aliphatic rings. The van der Waals surface area contributed by atoms with Crippen LogP contribution in [-0.4, -0.2) is 60.0 Å². The number of benzene rings is 1. The highest BCUT2D eigenvalue weighted by Crippen LogP contribution is 2.31. The molecule has 1 aromatic carbocycles. The van der Waals surface area contributed by atoms with Crippen LogP contribution in [0.5, 0.6) is 5.75 Å². The van der Waals surface area contributed by atoms with E-state index in [9.17, 15) is 4.79 Å². The molecular formula is C20H24N4O4. The van der Waals surface area contributed by atoms with Gasteiger partial charge in [-0.15, -0.1) is 0 Å². The Morgan fingerprint density at radius 2 is 1.89 bits per heavy atom. The van der Waals surface area contributed by atoms with Gasteiger partial charge in [0.05, 0.1) is 20.3 Å². The van der Waals surface area contributed by atoms with Crippen molar-refractivity contribution in [3.05, 3.63) is 47.9 Å². The maximum atomic E-state index is 12.8. The Labute approximate surface area is 163 Å². The van der Waals surface area contributed by atoms with Gasteiger partial charge in [0, 0.05) is 38.5 Å². The summed E-state index contributed by atoms with van der Waals surface area (Å²) in [4.78, 5) is 23.0. The van der Waals surface area contributed by atoms with Crippen molar-refractivity contribution < 1.29 is 19.0 Å². The fourth-order valence-corrected chi connectivity index (χ4v) is 3.51. The fraction of sp³-hybridized carbons (Fsp3) is 0.450. The van der Waals surface area contributed by atoms with E-state index in [2.05, 4.69) is 15.3 Å². The molecule has 148 valence electrons. The summed E-state index contributed by atoms with van der Waals surface area (Å²) in [6, 6.07) is 9.48. The number of hydrogen-bond donors (Lipinski definition) is 1. The second kappa shape index (κ2) is 8.12. The third kappa shape index (κ3) is 4.07. The van der Waals surface area contributed by atoms with Gasteiger partial charge in [-0.2, -0.15) is 0 Å². The molecule has 0 radical (unpaired) electrons. The molecule has 2 saturated heterocycles. The minimum atomic E-state index is -0.493. The number of hydrogen-bond acceptors (Lipinski definition) is 7. The summed E-state index contributed by atoms with van der Waals surface area (Å²) in [6.45, 7) is 3.04. The van der Waals surface area contributed by atoms with E-state index >= 15 is 0 Å². The maximum absolute atomic E-state index is 12.8. The molecule has 0 saturated carbocycles. The van der Waals surface area contributed by atoms with Crippen LogP contribution in [0.3, 0.4) is 0 Å². The lowest BCUT2D eigenvalue weighted by Gasteiger charge is -2.37. The quantitative estimate of drug-likeness (QED) is 0.845. The lowest BCUT2D eigenvalue weighted by Crippen LogP contribution is -2.47. The minimum absolute atomic E-state index is 0.0947. The molecule has 28 heavy (non-hydrogen) atoms. The molecule has 0 atom stereocenters. The second-order valence-electron chi connectivity index (χ2n) is 6.89. The summed E-state index contributed by atoms with van der Waals surface area (Å²) in [7, 11) is 1.64. The molecule has 3 heterocycles. The van der Waals surface area contributed by atoms with Crippen molar-refractivity contribution in [2.24, 2.45) is 0 Å². The number of aromatic nitrogens is 2. The maximum Gasteiger partial charge on any atom is 0.272 e. The zero-order valence-electron chi connectivity index (χ0n) is 15.9. The molecule has 2 aliphatic heterocycles. The van der Waals surface area contributed by atoms with E-state index in [1.165, 1.54) is 6.33 Å². The number of carbonyl (C=O) groups is 1. The van der Waals surface area contributed by atoms with Crippen LogP contribution in [0.1, 0.15) is 28.9 Å². The molecule has 0 aliphatic carbocycles. The predicted octanol–water partition coefficient (Wildman–Crippen LogP) is 2.08. The third-order valence-corrected chi connectivity index (χ3v) is 5.14. The first kappa shape index (κ1) is 18.6. The van der Waals surface area contributed by atoms with Crippen LogP contribution in [0.4, 0.5) is 5.82 Å². The van der Waals surface area contributed by atoms with Crippen LogP contribution < -0.4 is 10.1 Å². The zero-order valence-corrected chi connectivity index (χ0v) is 15.9. The van der Waals surface area contributed by atoms with Crippen LogP contribution in [0.2, 0.25) is 0 Å². The van der Waals surface area contributed by atoms with Gasteiger partial charge in [-0.1, -0.05) is 12.1 Å². The number of amides is 1. The van der Waals surface area contributed by atoms with E-state index in [0.717, 1.165) is 11.3 Å². The predicted molar refractivity (Wildman–Crippen MR) is 102 cm³/mol. The smallest absolute Gasteiger partial charge is 0.272 e. The minimum Gasteiger partial charge on any atom is -0.497 e. The van der Waals surface area contributed by atoms with Crippen molar-refractivity contribution >= 4 is 11.7 Å². The van der Waals surface area contributed by atoms with Gasteiger partial charge in [-0.25, -0.2) is 9.97 Å². The van der Waals surface area contributed by atoms with E-state index < -0.39 is 5.79 Å². The van der Waals surface area contributed by atoms with Gasteiger partial charge in [0.15, 0.2) is 5.79 Å². The summed E-state index contributed by atoms with van der Waals surface area (Å²) in [6.07, 6.45) is 2.79. The first-order valence-corrected chi connectivity index (χ1v) is 9.43. The average Bonchev–Trinajstić information content (AvgIpc) is 3.21. The molecule has 1 aromatic heterocycles. The molecule has 0 unspecified atom stereocenters. The summed E-state index contributed by atoms with van der Waals surface area (Å²) in [5, 5.41) is 3.23. The monoisotopic (exact) mass is 384 g/mol. The number of methoxy groups -OCH3 is 1. The van der Waals surface area contributed by atoms with Gasteiger partial charge in [0.2, 0.25) is 0 Å². The lowest BCUT2D eigenvalue weighted by molar-refractivity contribution is -0.181. The molecule has 4 rings (SSSR count). The van der Waals surface area contributed by atoms with Crippen LogP contribution in [0.25, 0.3) is 0 Å². The largest absolute Gasteiger partial charge is 0.497 e. The molecule has 0 bridgehead atoms. The van der Waals surface area contributed by atoms with E-state index in [-0.39, 0.29) is 5.91 Å². The zero-order chi connectivity index (χ0) is 19.4. The highest BCUT2D eigenvalue weighted by molar-refractivity contribution is 5.93. The molecule has 8 nitrogen and oxygen atoms in total. The van der Waals surface area contributed by atoms with Crippen LogP contribution in [-0.2, 0) is 16.0 Å². The topological polar surface area (TPSA) is 85.8 Å². The Hall–Kier alpha value is -2.71. The van der Waals surface area contributed by atoms with Crippen LogP contribution >= 0.6 is 0 Å². The Balaban J connectivity index is 1.35. The number of anilines is 1. The Bertz CT molecular complexity index is 811. The van der Waals surface area contributed by atoms with E-state index in [1.807, 2.05) is 24.3 Å². The van der Waals surface area contributed by atoms with Crippen molar-refractivity contribution in [1.82, 2.24) is 14.9 Å². The number of carbonyl (C=O) groups excluding carboxylic acids is 1. The number of likely N-dealkylation sites (tertiary alicyclic amines) is 1. The fourth-order valence-electron chi connectivity index (χ4n) is 3.51. The molecular weight excluding hydrogens is 360 g/mol. The third-order valence-electron chi connectivity index (χ3n) is 5.14. The average molecular weight is 384 g/mol. The van der Waals surface area contributed by atoms with Crippen molar-refractivity contribution in [2.45, 2.75) is 25.2 Å². The van der Waals surface area contributed by atoms with Gasteiger partial charge in [-0.3, -0.25) is 4.79 Å². The van der Waals surface area contributed by atoms with Crippen molar-refractivity contribution in [3.8, 4) is 5.75 Å². The van der Waals surface area contributed by atoms with Crippen molar-refractivity contribution in [1.29, 1.82) is 0 Å². The van der Waals surface area contributed by atoms with Gasteiger partial charge in [0.25, 0.3) is 5.91 Å². The number of piperidine rings is 1. The van der Waals surface area contributed by atoms with Crippen LogP contribution in [0, 0.1) is 0 Å². The summed E-state index contributed by atoms with van der Waals surface area (Å²) in [5.41, 5.74) is 1.47. The normalized spacial score (nSPS) is 18.2. The van der Waals surface area contributed by atoms with Gasteiger partial charge >= 0.3 is 0 Å². The number of rotatable bonds is 5. The van der Waals surface area contributed by atoms with E-state index in [1.54, 1.807) is 18.1 Å². The first-order valence-electron chi connectivity index (χ1n) is 9.43. The molecule has 8 heteroatoms. The number of nitrogens with zero attached hydrogens (tertiary/aromatic N) is 3. The van der Waals surface area contributed by atoms with Gasteiger partial charge in [0.1, 0.15) is 23.6 Å². The molecule has 1 spiro atoms. The summed E-state index contributed by atoms with van der Waals surface area (Å²) < 4.78 is 16.6. The van der Waals surface area contributed by atoms with E-state index in [4.69, 9.17) is 14.2 Å². The number of nitrogens with one attached hydrogen (secondary N) is 1. The van der Waals surface area contributed by atoms with E-state index in [0.29, 0.717) is 57.2 Å². The van der Waals surface area contributed by atoms with Gasteiger partial charge < -0.3 is 24.4 Å². The first-order chi connectivity index (χ1) is 13.7. The van der Waals surface area contributed by atoms with Crippen LogP contribution in [0.15, 0.2) is 36.7 Å².